The lowest BCUT2D eigenvalue weighted by Crippen LogP contribution is -2.35. The van der Waals surface area contributed by atoms with Crippen LogP contribution in [0.25, 0.3) is 0 Å². The maximum Gasteiger partial charge on any atom is 0.226 e. The van der Waals surface area contributed by atoms with Crippen LogP contribution in [0.15, 0.2) is 0 Å². The molecular formula is C13H21N3O3S. The lowest BCUT2D eigenvalue weighted by molar-refractivity contribution is -0.133. The number of sulfone groups is 1. The highest BCUT2D eigenvalue weighted by Gasteiger charge is 2.34. The van der Waals surface area contributed by atoms with Gasteiger partial charge >= 0.3 is 0 Å². The van der Waals surface area contributed by atoms with E-state index in [1.54, 1.807) is 11.9 Å². The molecule has 7 heteroatoms. The number of aromatic amines is 1. The van der Waals surface area contributed by atoms with Crippen LogP contribution in [0.1, 0.15) is 23.4 Å². The van der Waals surface area contributed by atoms with Gasteiger partial charge in [0.25, 0.3) is 0 Å². The second kappa shape index (κ2) is 5.55. The number of hydrogen-bond donors (Lipinski definition) is 1. The third-order valence-electron chi connectivity index (χ3n) is 3.94. The van der Waals surface area contributed by atoms with E-state index in [4.69, 9.17) is 0 Å². The van der Waals surface area contributed by atoms with Crippen LogP contribution in [0.2, 0.25) is 0 Å². The molecule has 1 saturated heterocycles. The number of carbonyl (C=O) groups excluding carboxylic acids is 1. The number of H-pyrrole nitrogens is 1. The van der Waals surface area contributed by atoms with E-state index in [2.05, 4.69) is 10.2 Å². The first kappa shape index (κ1) is 15.0. The van der Waals surface area contributed by atoms with E-state index in [1.807, 2.05) is 13.8 Å². The molecule has 1 N–H and O–H groups in total. The maximum absolute atomic E-state index is 12.2. The Morgan fingerprint density at radius 2 is 2.15 bits per heavy atom. The molecule has 0 aliphatic carbocycles. The predicted molar refractivity (Wildman–Crippen MR) is 76.2 cm³/mol. The maximum atomic E-state index is 12.2. The third kappa shape index (κ3) is 3.20. The van der Waals surface area contributed by atoms with Gasteiger partial charge in [-0.15, -0.1) is 0 Å². The quantitative estimate of drug-likeness (QED) is 0.875. The molecule has 2 rings (SSSR count). The molecular weight excluding hydrogens is 278 g/mol. The van der Waals surface area contributed by atoms with Gasteiger partial charge in [-0.3, -0.25) is 9.89 Å². The van der Waals surface area contributed by atoms with Crippen molar-refractivity contribution in [1.29, 1.82) is 0 Å². The van der Waals surface area contributed by atoms with Gasteiger partial charge in [0, 0.05) is 19.3 Å². The first-order valence-corrected chi connectivity index (χ1v) is 8.58. The molecule has 0 radical (unpaired) electrons. The fraction of sp³-hybridized carbons (Fsp3) is 0.692. The van der Waals surface area contributed by atoms with E-state index in [0.717, 1.165) is 23.4 Å². The van der Waals surface area contributed by atoms with Crippen molar-refractivity contribution in [2.75, 3.05) is 25.1 Å². The van der Waals surface area contributed by atoms with E-state index < -0.39 is 9.84 Å². The zero-order chi connectivity index (χ0) is 14.9. The summed E-state index contributed by atoms with van der Waals surface area (Å²) in [6, 6.07) is 0. The minimum absolute atomic E-state index is 0.0000603. The molecule has 0 aromatic carbocycles. The number of rotatable bonds is 4. The highest BCUT2D eigenvalue weighted by atomic mass is 32.2. The van der Waals surface area contributed by atoms with Crippen LogP contribution in [0.4, 0.5) is 0 Å². The summed E-state index contributed by atoms with van der Waals surface area (Å²) < 4.78 is 22.8. The molecule has 1 atom stereocenters. The first-order valence-electron chi connectivity index (χ1n) is 6.76. The molecule has 1 aromatic rings. The number of aromatic nitrogens is 2. The van der Waals surface area contributed by atoms with Crippen LogP contribution in [0.3, 0.4) is 0 Å². The summed E-state index contributed by atoms with van der Waals surface area (Å²) >= 11 is 0. The lowest BCUT2D eigenvalue weighted by Gasteiger charge is -2.20. The van der Waals surface area contributed by atoms with Gasteiger partial charge in [-0.05, 0) is 32.3 Å². The Morgan fingerprint density at radius 3 is 2.65 bits per heavy atom. The molecule has 112 valence electrons. The van der Waals surface area contributed by atoms with Crippen LogP contribution >= 0.6 is 0 Å². The summed E-state index contributed by atoms with van der Waals surface area (Å²) in [5, 5.41) is 7.05. The summed E-state index contributed by atoms with van der Waals surface area (Å²) in [6.07, 6.45) is 1.19. The molecule has 1 aliphatic heterocycles. The van der Waals surface area contributed by atoms with Gasteiger partial charge < -0.3 is 4.90 Å². The van der Waals surface area contributed by atoms with Crippen LogP contribution in [-0.4, -0.2) is 54.5 Å². The summed E-state index contributed by atoms with van der Waals surface area (Å²) in [5.74, 6) is -0.293. The first-order chi connectivity index (χ1) is 9.30. The SMILES string of the molecule is Cc1n[nH]c(C)c1CCN(C)C(=O)[C@@H]1CCS(=O)(=O)C1. The second-order valence-corrected chi connectivity index (χ2v) is 7.75. The van der Waals surface area contributed by atoms with E-state index in [0.29, 0.717) is 13.0 Å². The number of aryl methyl sites for hydroxylation is 2. The van der Waals surface area contributed by atoms with E-state index in [-0.39, 0.29) is 23.3 Å². The summed E-state index contributed by atoms with van der Waals surface area (Å²) in [4.78, 5) is 13.8. The smallest absolute Gasteiger partial charge is 0.226 e. The summed E-state index contributed by atoms with van der Waals surface area (Å²) in [7, 11) is -1.27. The number of amides is 1. The molecule has 1 aromatic heterocycles. The van der Waals surface area contributed by atoms with Crippen LogP contribution in [-0.2, 0) is 21.1 Å². The number of hydrogen-bond acceptors (Lipinski definition) is 4. The molecule has 1 fully saturated rings. The molecule has 1 aliphatic rings. The topological polar surface area (TPSA) is 83.1 Å². The highest BCUT2D eigenvalue weighted by Crippen LogP contribution is 2.20. The molecule has 6 nitrogen and oxygen atoms in total. The van der Waals surface area contributed by atoms with E-state index in [1.165, 1.54) is 0 Å². The lowest BCUT2D eigenvalue weighted by atomic mass is 10.1. The Bertz CT molecular complexity index is 587. The number of nitrogens with zero attached hydrogens (tertiary/aromatic N) is 2. The van der Waals surface area contributed by atoms with Crippen molar-refractivity contribution in [3.05, 3.63) is 17.0 Å². The van der Waals surface area contributed by atoms with Gasteiger partial charge in [-0.25, -0.2) is 8.42 Å². The monoisotopic (exact) mass is 299 g/mol. The van der Waals surface area contributed by atoms with Gasteiger partial charge in [0.2, 0.25) is 5.91 Å². The fourth-order valence-electron chi connectivity index (χ4n) is 2.63. The summed E-state index contributed by atoms with van der Waals surface area (Å²) in [5.41, 5.74) is 3.10. The Kier molecular flexibility index (Phi) is 4.17. The van der Waals surface area contributed by atoms with Crippen molar-refractivity contribution >= 4 is 15.7 Å². The molecule has 0 spiro atoms. The van der Waals surface area contributed by atoms with Gasteiger partial charge in [0.05, 0.1) is 23.1 Å². The van der Waals surface area contributed by atoms with Crippen molar-refractivity contribution in [3.63, 3.8) is 0 Å². The normalized spacial score (nSPS) is 21.1. The van der Waals surface area contributed by atoms with Crippen LogP contribution < -0.4 is 0 Å². The Balaban J connectivity index is 1.92. The minimum atomic E-state index is -3.01. The molecule has 0 unspecified atom stereocenters. The standard InChI is InChI=1S/C13H21N3O3S/c1-9-12(10(2)15-14-9)4-6-16(3)13(17)11-5-7-20(18,19)8-11/h11H,4-8H2,1-3H3,(H,14,15)/t11-/m1/s1. The van der Waals surface area contributed by atoms with Gasteiger partial charge in [0.15, 0.2) is 9.84 Å². The highest BCUT2D eigenvalue weighted by molar-refractivity contribution is 7.91. The van der Waals surface area contributed by atoms with Gasteiger partial charge in [-0.2, -0.15) is 5.10 Å². The minimum Gasteiger partial charge on any atom is -0.345 e. The number of carbonyl (C=O) groups is 1. The van der Waals surface area contributed by atoms with Gasteiger partial charge in [0.1, 0.15) is 0 Å². The van der Waals surface area contributed by atoms with Crippen LogP contribution in [0, 0.1) is 19.8 Å². The Morgan fingerprint density at radius 1 is 1.45 bits per heavy atom. The molecule has 20 heavy (non-hydrogen) atoms. The Hall–Kier alpha value is -1.37. The van der Waals surface area contributed by atoms with Crippen molar-refractivity contribution in [1.82, 2.24) is 15.1 Å². The van der Waals surface area contributed by atoms with Crippen molar-refractivity contribution in [3.8, 4) is 0 Å². The average molecular weight is 299 g/mol. The second-order valence-electron chi connectivity index (χ2n) is 5.52. The van der Waals surface area contributed by atoms with Gasteiger partial charge in [-0.1, -0.05) is 0 Å². The third-order valence-corrected chi connectivity index (χ3v) is 5.70. The molecule has 0 saturated carbocycles. The van der Waals surface area contributed by atoms with E-state index >= 15 is 0 Å². The van der Waals surface area contributed by atoms with Crippen molar-refractivity contribution < 1.29 is 13.2 Å². The molecule has 1 amide bonds. The predicted octanol–water partition coefficient (Wildman–Crippen LogP) is 0.462. The zero-order valence-electron chi connectivity index (χ0n) is 12.1. The number of nitrogens with one attached hydrogen (secondary N) is 1. The number of likely N-dealkylation sites (N-methyl/N-ethyl adjacent to an activating group) is 1. The van der Waals surface area contributed by atoms with E-state index in [9.17, 15) is 13.2 Å². The fourth-order valence-corrected chi connectivity index (χ4v) is 4.37. The molecule has 0 bridgehead atoms. The molecule has 2 heterocycles. The van der Waals surface area contributed by atoms with Crippen molar-refractivity contribution in [2.45, 2.75) is 26.7 Å². The van der Waals surface area contributed by atoms with Crippen molar-refractivity contribution in [2.24, 2.45) is 5.92 Å². The summed E-state index contributed by atoms with van der Waals surface area (Å²) in [6.45, 7) is 4.47. The largest absolute Gasteiger partial charge is 0.345 e. The zero-order valence-corrected chi connectivity index (χ0v) is 13.0. The Labute approximate surface area is 119 Å². The average Bonchev–Trinajstić information content (AvgIpc) is 2.89. The van der Waals surface area contributed by atoms with Crippen LogP contribution in [0.5, 0.6) is 0 Å².